The minimum absolute atomic E-state index is 0.768. The van der Waals surface area contributed by atoms with Gasteiger partial charge in [-0.3, -0.25) is 4.98 Å². The molecule has 0 atom stereocenters. The highest BCUT2D eigenvalue weighted by Gasteiger charge is 2.01. The zero-order valence-electron chi connectivity index (χ0n) is 8.49. The first kappa shape index (κ1) is 9.16. The maximum absolute atomic E-state index is 4.48. The Bertz CT molecular complexity index is 449. The Morgan fingerprint density at radius 2 is 2.07 bits per heavy atom. The molecule has 2 rings (SSSR count). The van der Waals surface area contributed by atoms with Gasteiger partial charge in [0.1, 0.15) is 0 Å². The molecule has 2 heteroatoms. The number of hydrogen-bond acceptors (Lipinski definition) is 1. The topological polar surface area (TPSA) is 27.0 Å². The van der Waals surface area contributed by atoms with E-state index in [4.69, 9.17) is 0 Å². The molecule has 0 fully saturated rings. The van der Waals surface area contributed by atoms with Gasteiger partial charge in [-0.15, -0.1) is 0 Å². The molecule has 0 aliphatic rings. The van der Waals surface area contributed by atoms with Gasteiger partial charge in [-0.2, -0.15) is 0 Å². The molecule has 2 aromatic rings. The average Bonchev–Trinajstić information content (AvgIpc) is 2.18. The van der Waals surface area contributed by atoms with E-state index in [2.05, 4.69) is 22.4 Å². The molecule has 0 N–H and O–H groups in total. The van der Waals surface area contributed by atoms with E-state index in [0.717, 1.165) is 17.8 Å². The second-order valence-corrected chi connectivity index (χ2v) is 3.41. The number of para-hydroxylation sites is 1. The number of benzene rings is 1. The van der Waals surface area contributed by atoms with Crippen LogP contribution in [0.5, 0.6) is 0 Å². The number of fused-ring (bicyclic) bond motifs is 1. The molecule has 0 aliphatic heterocycles. The van der Waals surface area contributed by atoms with Crippen molar-refractivity contribution in [3.63, 3.8) is 0 Å². The molecule has 0 unspecified atom stereocenters. The van der Waals surface area contributed by atoms with Gasteiger partial charge >= 0.3 is 0 Å². The molecule has 1 radical (unpaired) electrons. The minimum Gasteiger partial charge on any atom is -0.253 e. The lowest BCUT2D eigenvalue weighted by Crippen LogP contribution is -1.99. The highest BCUT2D eigenvalue weighted by Crippen LogP contribution is 2.17. The van der Waals surface area contributed by atoms with E-state index >= 15 is 0 Å². The predicted molar refractivity (Wildman–Crippen MR) is 58.2 cm³/mol. The van der Waals surface area contributed by atoms with E-state index in [1.807, 2.05) is 32.2 Å². The third-order valence-electron chi connectivity index (χ3n) is 2.26. The molecule has 2 nitrogen and oxygen atoms in total. The van der Waals surface area contributed by atoms with Crippen molar-refractivity contribution >= 4 is 10.9 Å². The molecule has 1 heterocycles. The van der Waals surface area contributed by atoms with E-state index in [1.165, 1.54) is 10.9 Å². The first-order valence-corrected chi connectivity index (χ1v) is 4.72. The molecular weight excluding hydrogens is 172 g/mol. The van der Waals surface area contributed by atoms with Gasteiger partial charge in [0.15, 0.2) is 0 Å². The molecule has 0 saturated heterocycles. The van der Waals surface area contributed by atoms with Crippen LogP contribution in [0.1, 0.15) is 11.3 Å². The number of rotatable bonds is 2. The third-order valence-corrected chi connectivity index (χ3v) is 2.26. The van der Waals surface area contributed by atoms with E-state index in [9.17, 15) is 0 Å². The van der Waals surface area contributed by atoms with E-state index < -0.39 is 0 Å². The van der Waals surface area contributed by atoms with Crippen LogP contribution in [-0.4, -0.2) is 12.0 Å². The van der Waals surface area contributed by atoms with Crippen LogP contribution in [0.3, 0.4) is 0 Å². The quantitative estimate of drug-likeness (QED) is 0.705. The minimum atomic E-state index is 0.768. The maximum Gasteiger partial charge on any atom is 0.0708 e. The van der Waals surface area contributed by atoms with Crippen LogP contribution in [0.4, 0.5) is 0 Å². The maximum atomic E-state index is 4.48. The van der Waals surface area contributed by atoms with Crippen molar-refractivity contribution in [1.29, 1.82) is 0 Å². The monoisotopic (exact) mass is 185 g/mol. The Labute approximate surface area is 84.0 Å². The molecule has 1 aromatic heterocycles. The first-order chi connectivity index (χ1) is 6.81. The molecule has 0 spiro atoms. The van der Waals surface area contributed by atoms with Gasteiger partial charge in [-0.1, -0.05) is 18.2 Å². The van der Waals surface area contributed by atoms with Gasteiger partial charge in [0.05, 0.1) is 5.52 Å². The lowest BCUT2D eigenvalue weighted by Gasteiger charge is -2.05. The molecular formula is C12H13N2. The van der Waals surface area contributed by atoms with Crippen molar-refractivity contribution in [2.75, 3.05) is 7.05 Å². The summed E-state index contributed by atoms with van der Waals surface area (Å²) in [6.07, 6.45) is 0. The van der Waals surface area contributed by atoms with Crippen LogP contribution in [0, 0.1) is 6.92 Å². The Hall–Kier alpha value is -1.41. The molecule has 0 amide bonds. The van der Waals surface area contributed by atoms with E-state index in [0.29, 0.717) is 0 Å². The summed E-state index contributed by atoms with van der Waals surface area (Å²) in [7, 11) is 1.84. The van der Waals surface area contributed by atoms with Crippen molar-refractivity contribution in [2.24, 2.45) is 0 Å². The molecule has 1 aromatic carbocycles. The van der Waals surface area contributed by atoms with Gasteiger partial charge in [0.25, 0.3) is 0 Å². The fourth-order valence-corrected chi connectivity index (χ4v) is 1.70. The smallest absolute Gasteiger partial charge is 0.0708 e. The van der Waals surface area contributed by atoms with Crippen molar-refractivity contribution < 1.29 is 0 Å². The highest BCUT2D eigenvalue weighted by molar-refractivity contribution is 5.82. The summed E-state index contributed by atoms with van der Waals surface area (Å²) in [5.74, 6) is 0. The van der Waals surface area contributed by atoms with Gasteiger partial charge in [0.2, 0.25) is 0 Å². The standard InChI is InChI=1S/C12H13N2/c1-9-7-10(8-13-2)11-5-3-4-6-12(11)14-9/h3-7H,8H2,1-2H3. The Balaban J connectivity index is 2.67. The molecule has 0 bridgehead atoms. The SMILES string of the molecule is C[N]Cc1cc(C)nc2ccccc12. The lowest BCUT2D eigenvalue weighted by molar-refractivity contribution is 0.803. The van der Waals surface area contributed by atoms with Crippen molar-refractivity contribution in [2.45, 2.75) is 13.5 Å². The van der Waals surface area contributed by atoms with Crippen LogP contribution in [0.25, 0.3) is 10.9 Å². The third kappa shape index (κ3) is 1.61. The number of hydrogen-bond donors (Lipinski definition) is 0. The van der Waals surface area contributed by atoms with Gasteiger partial charge in [-0.25, -0.2) is 5.32 Å². The normalized spacial score (nSPS) is 10.7. The summed E-state index contributed by atoms with van der Waals surface area (Å²) >= 11 is 0. The molecule has 0 aliphatic carbocycles. The zero-order chi connectivity index (χ0) is 9.97. The second-order valence-electron chi connectivity index (χ2n) is 3.41. The number of aryl methyl sites for hydroxylation is 1. The van der Waals surface area contributed by atoms with Gasteiger partial charge < -0.3 is 0 Å². The fraction of sp³-hybridized carbons (Fsp3) is 0.250. The Kier molecular flexibility index (Phi) is 2.46. The second kappa shape index (κ2) is 3.76. The number of aromatic nitrogens is 1. The van der Waals surface area contributed by atoms with Crippen LogP contribution in [-0.2, 0) is 6.54 Å². The summed E-state index contributed by atoms with van der Waals surface area (Å²) in [6, 6.07) is 10.3. The van der Waals surface area contributed by atoms with Gasteiger partial charge in [0, 0.05) is 24.7 Å². The average molecular weight is 185 g/mol. The summed E-state index contributed by atoms with van der Waals surface area (Å²) < 4.78 is 0. The Morgan fingerprint density at radius 1 is 1.29 bits per heavy atom. The molecule has 0 saturated carbocycles. The van der Waals surface area contributed by atoms with Crippen molar-refractivity contribution in [3.8, 4) is 0 Å². The lowest BCUT2D eigenvalue weighted by atomic mass is 10.1. The van der Waals surface area contributed by atoms with Crippen molar-refractivity contribution in [1.82, 2.24) is 10.3 Å². The predicted octanol–water partition coefficient (Wildman–Crippen LogP) is 2.28. The summed E-state index contributed by atoms with van der Waals surface area (Å²) in [5.41, 5.74) is 3.38. The Morgan fingerprint density at radius 3 is 2.86 bits per heavy atom. The van der Waals surface area contributed by atoms with E-state index in [-0.39, 0.29) is 0 Å². The number of nitrogens with zero attached hydrogens (tertiary/aromatic N) is 2. The molecule has 71 valence electrons. The first-order valence-electron chi connectivity index (χ1n) is 4.72. The largest absolute Gasteiger partial charge is 0.253 e. The zero-order valence-corrected chi connectivity index (χ0v) is 8.49. The van der Waals surface area contributed by atoms with Gasteiger partial charge in [-0.05, 0) is 24.6 Å². The number of pyridine rings is 1. The van der Waals surface area contributed by atoms with Crippen LogP contribution >= 0.6 is 0 Å². The highest BCUT2D eigenvalue weighted by atomic mass is 14.8. The fourth-order valence-electron chi connectivity index (χ4n) is 1.70. The van der Waals surface area contributed by atoms with Crippen molar-refractivity contribution in [3.05, 3.63) is 41.6 Å². The van der Waals surface area contributed by atoms with Crippen LogP contribution in [0.15, 0.2) is 30.3 Å². The molecule has 14 heavy (non-hydrogen) atoms. The van der Waals surface area contributed by atoms with Crippen LogP contribution < -0.4 is 5.32 Å². The summed E-state index contributed by atoms with van der Waals surface area (Å²) in [6.45, 7) is 2.79. The van der Waals surface area contributed by atoms with E-state index in [1.54, 1.807) is 0 Å². The summed E-state index contributed by atoms with van der Waals surface area (Å²) in [4.78, 5) is 4.48. The summed E-state index contributed by atoms with van der Waals surface area (Å²) in [5, 5.41) is 5.38. The van der Waals surface area contributed by atoms with Crippen LogP contribution in [0.2, 0.25) is 0 Å².